The van der Waals surface area contributed by atoms with Gasteiger partial charge in [-0.3, -0.25) is 4.79 Å². The molecular weight excluding hydrogens is 231 g/mol. The van der Waals surface area contributed by atoms with Crippen LogP contribution in [0.2, 0.25) is 0 Å². The van der Waals surface area contributed by atoms with Gasteiger partial charge in [-0.1, -0.05) is 30.3 Å². The van der Waals surface area contributed by atoms with Crippen molar-refractivity contribution in [2.45, 2.75) is 25.1 Å². The van der Waals surface area contributed by atoms with E-state index in [1.807, 2.05) is 30.3 Å². The summed E-state index contributed by atoms with van der Waals surface area (Å²) in [5, 5.41) is 8.96. The van der Waals surface area contributed by atoms with Crippen LogP contribution in [0.3, 0.4) is 0 Å². The summed E-state index contributed by atoms with van der Waals surface area (Å²) in [5.41, 5.74) is 0.928. The average Bonchev–Trinajstić information content (AvgIpc) is 2.78. The van der Waals surface area contributed by atoms with Crippen LogP contribution < -0.4 is 0 Å². The van der Waals surface area contributed by atoms with E-state index in [2.05, 4.69) is 0 Å². The van der Waals surface area contributed by atoms with Crippen molar-refractivity contribution in [1.82, 2.24) is 0 Å². The molecule has 1 fully saturated rings. The van der Waals surface area contributed by atoms with Crippen LogP contribution in [0.1, 0.15) is 12.0 Å². The van der Waals surface area contributed by atoms with E-state index in [-0.39, 0.29) is 25.3 Å². The van der Waals surface area contributed by atoms with Crippen LogP contribution in [0, 0.1) is 5.92 Å². The second kappa shape index (κ2) is 6.02. The molecule has 2 radical (unpaired) electrons. The standard InChI is InChI=1S/C13H15BO4/c14-12-11(6-10(7-15)18-12)13(16)17-8-9-4-2-1-3-5-9/h1-5,10-12,15H,6-8H2/t10?,11?,12-/m1/s1. The van der Waals surface area contributed by atoms with Crippen molar-refractivity contribution in [3.05, 3.63) is 35.9 Å². The lowest BCUT2D eigenvalue weighted by atomic mass is 9.86. The molecule has 18 heavy (non-hydrogen) atoms. The minimum Gasteiger partial charge on any atom is -0.461 e. The number of aliphatic hydroxyl groups is 1. The highest BCUT2D eigenvalue weighted by atomic mass is 16.5. The minimum atomic E-state index is -0.689. The van der Waals surface area contributed by atoms with Gasteiger partial charge in [-0.05, 0) is 12.0 Å². The molecule has 1 aliphatic rings. The van der Waals surface area contributed by atoms with E-state index in [0.29, 0.717) is 6.42 Å². The Morgan fingerprint density at radius 2 is 2.17 bits per heavy atom. The quantitative estimate of drug-likeness (QED) is 0.625. The Labute approximate surface area is 107 Å². The Kier molecular flexibility index (Phi) is 4.39. The fourth-order valence-electron chi connectivity index (χ4n) is 1.97. The van der Waals surface area contributed by atoms with Crippen LogP contribution in [-0.2, 0) is 20.9 Å². The molecule has 4 nitrogen and oxygen atoms in total. The highest BCUT2D eigenvalue weighted by Gasteiger charge is 2.37. The molecule has 2 unspecified atom stereocenters. The Morgan fingerprint density at radius 1 is 1.44 bits per heavy atom. The van der Waals surface area contributed by atoms with Crippen LogP contribution >= 0.6 is 0 Å². The van der Waals surface area contributed by atoms with Gasteiger partial charge in [-0.25, -0.2) is 0 Å². The fraction of sp³-hybridized carbons (Fsp3) is 0.462. The Morgan fingerprint density at radius 3 is 2.78 bits per heavy atom. The zero-order valence-electron chi connectivity index (χ0n) is 9.99. The highest BCUT2D eigenvalue weighted by Crippen LogP contribution is 2.25. The predicted molar refractivity (Wildman–Crippen MR) is 65.8 cm³/mol. The minimum absolute atomic E-state index is 0.129. The summed E-state index contributed by atoms with van der Waals surface area (Å²) in [6, 6.07) is 8.75. The third-order valence-corrected chi connectivity index (χ3v) is 2.99. The zero-order chi connectivity index (χ0) is 13.0. The Bertz CT molecular complexity index is 395. The van der Waals surface area contributed by atoms with Crippen molar-refractivity contribution in [2.75, 3.05) is 6.61 Å². The van der Waals surface area contributed by atoms with Crippen LogP contribution in [0.4, 0.5) is 0 Å². The van der Waals surface area contributed by atoms with Crippen molar-refractivity contribution in [2.24, 2.45) is 5.92 Å². The maximum Gasteiger partial charge on any atom is 0.311 e. The van der Waals surface area contributed by atoms with E-state index in [9.17, 15) is 4.79 Å². The molecule has 1 N–H and O–H groups in total. The number of carbonyl (C=O) groups excluding carboxylic acids is 1. The molecule has 94 valence electrons. The third kappa shape index (κ3) is 3.12. The molecule has 0 aromatic heterocycles. The number of esters is 1. The fourth-order valence-corrected chi connectivity index (χ4v) is 1.97. The number of hydrogen-bond acceptors (Lipinski definition) is 4. The molecule has 1 aromatic carbocycles. The van der Waals surface area contributed by atoms with Gasteiger partial charge in [-0.2, -0.15) is 0 Å². The topological polar surface area (TPSA) is 55.8 Å². The lowest BCUT2D eigenvalue weighted by Crippen LogP contribution is -2.26. The van der Waals surface area contributed by atoms with Crippen LogP contribution in [0.5, 0.6) is 0 Å². The largest absolute Gasteiger partial charge is 0.461 e. The number of carbonyl (C=O) groups is 1. The van der Waals surface area contributed by atoms with Crippen molar-refractivity contribution in [1.29, 1.82) is 0 Å². The van der Waals surface area contributed by atoms with E-state index in [1.54, 1.807) is 0 Å². The maximum absolute atomic E-state index is 11.8. The lowest BCUT2D eigenvalue weighted by molar-refractivity contribution is -0.150. The van der Waals surface area contributed by atoms with Crippen molar-refractivity contribution < 1.29 is 19.4 Å². The zero-order valence-corrected chi connectivity index (χ0v) is 9.99. The summed E-state index contributed by atoms with van der Waals surface area (Å²) in [7, 11) is 5.68. The first-order valence-corrected chi connectivity index (χ1v) is 5.93. The van der Waals surface area contributed by atoms with E-state index in [1.165, 1.54) is 0 Å². The molecule has 1 aliphatic heterocycles. The van der Waals surface area contributed by atoms with Gasteiger partial charge in [0.1, 0.15) is 14.5 Å². The molecule has 0 saturated carbocycles. The highest BCUT2D eigenvalue weighted by molar-refractivity contribution is 6.13. The SMILES string of the molecule is [B][C@@H]1OC(CO)CC1C(=O)OCc1ccccc1. The maximum atomic E-state index is 11.8. The third-order valence-electron chi connectivity index (χ3n) is 2.99. The molecule has 1 saturated heterocycles. The predicted octanol–water partition coefficient (Wildman–Crippen LogP) is 0.622. The van der Waals surface area contributed by atoms with Crippen LogP contribution in [0.15, 0.2) is 30.3 Å². The molecule has 3 atom stereocenters. The van der Waals surface area contributed by atoms with E-state index < -0.39 is 11.9 Å². The van der Waals surface area contributed by atoms with Crippen molar-refractivity contribution >= 4 is 13.8 Å². The molecular formula is C13H15BO4. The Balaban J connectivity index is 1.85. The first-order valence-electron chi connectivity index (χ1n) is 5.93. The summed E-state index contributed by atoms with van der Waals surface area (Å²) in [4.78, 5) is 11.8. The molecule has 1 aromatic rings. The molecule has 0 bridgehead atoms. The van der Waals surface area contributed by atoms with Gasteiger partial charge >= 0.3 is 5.97 Å². The number of rotatable bonds is 4. The summed E-state index contributed by atoms with van der Waals surface area (Å²) in [5.74, 6) is -0.867. The van der Waals surface area contributed by atoms with Crippen LogP contribution in [0.25, 0.3) is 0 Å². The van der Waals surface area contributed by atoms with Crippen LogP contribution in [-0.4, -0.2) is 37.6 Å². The van der Waals surface area contributed by atoms with Gasteiger partial charge in [0.05, 0.1) is 18.6 Å². The van der Waals surface area contributed by atoms with E-state index in [0.717, 1.165) is 5.56 Å². The normalized spacial score (nSPS) is 27.1. The number of benzene rings is 1. The number of ether oxygens (including phenoxy) is 2. The Hall–Kier alpha value is -1.33. The summed E-state index contributed by atoms with van der Waals surface area (Å²) >= 11 is 0. The molecule has 5 heteroatoms. The summed E-state index contributed by atoms with van der Waals surface area (Å²) in [6.07, 6.45) is 0.0416. The molecule has 0 aliphatic carbocycles. The van der Waals surface area contributed by atoms with Gasteiger partial charge in [-0.15, -0.1) is 0 Å². The monoisotopic (exact) mass is 246 g/mol. The average molecular weight is 246 g/mol. The molecule has 2 rings (SSSR count). The van der Waals surface area contributed by atoms with Gasteiger partial charge in [0.2, 0.25) is 0 Å². The number of aliphatic hydroxyl groups excluding tert-OH is 1. The van der Waals surface area contributed by atoms with Gasteiger partial charge in [0, 0.05) is 6.00 Å². The molecule has 1 heterocycles. The van der Waals surface area contributed by atoms with E-state index in [4.69, 9.17) is 22.4 Å². The summed E-state index contributed by atoms with van der Waals surface area (Å²) in [6.45, 7) is 0.100. The second-order valence-corrected chi connectivity index (χ2v) is 4.34. The second-order valence-electron chi connectivity index (χ2n) is 4.34. The van der Waals surface area contributed by atoms with E-state index >= 15 is 0 Å². The molecule has 0 spiro atoms. The van der Waals surface area contributed by atoms with Gasteiger partial charge < -0.3 is 14.6 Å². The smallest absolute Gasteiger partial charge is 0.311 e. The number of hydrogen-bond donors (Lipinski definition) is 1. The summed E-state index contributed by atoms with van der Waals surface area (Å²) < 4.78 is 10.4. The molecule has 0 amide bonds. The lowest BCUT2D eigenvalue weighted by Gasteiger charge is -2.13. The van der Waals surface area contributed by atoms with Gasteiger partial charge in [0.25, 0.3) is 0 Å². The van der Waals surface area contributed by atoms with Crippen molar-refractivity contribution in [3.63, 3.8) is 0 Å². The first-order chi connectivity index (χ1) is 8.70. The first kappa shape index (κ1) is 13.1. The van der Waals surface area contributed by atoms with Crippen molar-refractivity contribution in [3.8, 4) is 0 Å². The van der Waals surface area contributed by atoms with Gasteiger partial charge in [0.15, 0.2) is 0 Å².